The van der Waals surface area contributed by atoms with Crippen LogP contribution in [0, 0.1) is 0 Å². The molecule has 0 spiro atoms. The lowest BCUT2D eigenvalue weighted by Crippen LogP contribution is -2.19. The van der Waals surface area contributed by atoms with Crippen molar-refractivity contribution in [3.63, 3.8) is 0 Å². The Morgan fingerprint density at radius 1 is 1.67 bits per heavy atom. The Balaban J connectivity index is 2.58. The highest BCUT2D eigenvalue weighted by Gasteiger charge is 2.31. The Bertz CT molecular complexity index is 151. The summed E-state index contributed by atoms with van der Waals surface area (Å²) in [5, 5.41) is 8.36. The fourth-order valence-corrected chi connectivity index (χ4v) is 0.661. The van der Waals surface area contributed by atoms with Crippen LogP contribution >= 0.6 is 0 Å². The van der Waals surface area contributed by atoms with Gasteiger partial charge in [-0.1, -0.05) is 0 Å². The van der Waals surface area contributed by atoms with Gasteiger partial charge < -0.3 is 9.84 Å². The van der Waals surface area contributed by atoms with Crippen molar-refractivity contribution >= 4 is 11.8 Å². The molecule has 1 saturated heterocycles. The summed E-state index contributed by atoms with van der Waals surface area (Å²) in [7, 11) is 0. The Hall–Kier alpha value is -0.900. The Kier molecular flexibility index (Phi) is 1.48. The van der Waals surface area contributed by atoms with Crippen molar-refractivity contribution in [1.29, 1.82) is 0 Å². The van der Waals surface area contributed by atoms with Crippen LogP contribution in [0.3, 0.4) is 0 Å². The number of cyclic esters (lactones) is 1. The summed E-state index contributed by atoms with van der Waals surface area (Å²) in [5.41, 5.74) is 0. The standard InChI is InChI=1S/C5H6O4/c6-2-4-3(7)1-5(8)9-4/h4,6H,1-2H2/t4-/m1/s1. The van der Waals surface area contributed by atoms with Crippen molar-refractivity contribution in [2.24, 2.45) is 0 Å². The number of carbonyl (C=O) groups is 2. The van der Waals surface area contributed by atoms with Gasteiger partial charge >= 0.3 is 5.97 Å². The minimum absolute atomic E-state index is 0.189. The molecule has 0 aliphatic carbocycles. The van der Waals surface area contributed by atoms with Crippen LogP contribution in [0.25, 0.3) is 0 Å². The Labute approximate surface area is 51.4 Å². The van der Waals surface area contributed by atoms with Crippen molar-refractivity contribution in [3.8, 4) is 0 Å². The molecule has 1 aliphatic heterocycles. The predicted molar refractivity (Wildman–Crippen MR) is 26.6 cm³/mol. The molecule has 0 aromatic rings. The van der Waals surface area contributed by atoms with Crippen LogP contribution in [-0.2, 0) is 14.3 Å². The van der Waals surface area contributed by atoms with E-state index in [2.05, 4.69) is 4.74 Å². The molecule has 4 nitrogen and oxygen atoms in total. The minimum atomic E-state index is -0.891. The molecular weight excluding hydrogens is 124 g/mol. The molecule has 0 bridgehead atoms. The maximum atomic E-state index is 10.5. The normalized spacial score (nSPS) is 26.6. The number of aliphatic hydroxyl groups is 1. The molecule has 50 valence electrons. The summed E-state index contributed by atoms with van der Waals surface area (Å²) >= 11 is 0. The number of ether oxygens (including phenoxy) is 1. The molecule has 0 saturated carbocycles. The Morgan fingerprint density at radius 3 is 2.56 bits per heavy atom. The minimum Gasteiger partial charge on any atom is -0.452 e. The van der Waals surface area contributed by atoms with E-state index in [0.29, 0.717) is 0 Å². The van der Waals surface area contributed by atoms with Crippen LogP contribution in [0.5, 0.6) is 0 Å². The molecule has 1 aliphatic rings. The molecular formula is C5H6O4. The third kappa shape index (κ3) is 1.08. The number of Topliss-reactive ketones (excluding diaryl/α,β-unsaturated/α-hetero) is 1. The zero-order valence-electron chi connectivity index (χ0n) is 4.66. The highest BCUT2D eigenvalue weighted by atomic mass is 16.6. The van der Waals surface area contributed by atoms with E-state index in [1.165, 1.54) is 0 Å². The first-order valence-corrected chi connectivity index (χ1v) is 2.57. The van der Waals surface area contributed by atoms with Gasteiger partial charge in [-0.25, -0.2) is 0 Å². The van der Waals surface area contributed by atoms with Gasteiger partial charge in [-0.3, -0.25) is 9.59 Å². The summed E-state index contributed by atoms with van der Waals surface area (Å²) in [6.07, 6.45) is -1.08. The molecule has 0 aromatic heterocycles. The second-order valence-corrected chi connectivity index (χ2v) is 1.80. The highest BCUT2D eigenvalue weighted by molar-refractivity contribution is 6.03. The van der Waals surface area contributed by atoms with Crippen LogP contribution in [0.4, 0.5) is 0 Å². The summed E-state index contributed by atoms with van der Waals surface area (Å²) in [6, 6.07) is 0. The van der Waals surface area contributed by atoms with Gasteiger partial charge in [0.05, 0.1) is 6.61 Å². The lowest BCUT2D eigenvalue weighted by molar-refractivity contribution is -0.143. The highest BCUT2D eigenvalue weighted by Crippen LogP contribution is 2.07. The molecule has 1 atom stereocenters. The van der Waals surface area contributed by atoms with Crippen LogP contribution in [0.15, 0.2) is 0 Å². The maximum absolute atomic E-state index is 10.5. The van der Waals surface area contributed by atoms with Crippen LogP contribution in [0.2, 0.25) is 0 Å². The van der Waals surface area contributed by atoms with E-state index in [-0.39, 0.29) is 12.2 Å². The summed E-state index contributed by atoms with van der Waals surface area (Å²) in [6.45, 7) is -0.398. The lowest BCUT2D eigenvalue weighted by atomic mass is 10.2. The average Bonchev–Trinajstić information content (AvgIpc) is 2.10. The van der Waals surface area contributed by atoms with Crippen molar-refractivity contribution in [2.45, 2.75) is 12.5 Å². The number of esters is 1. The fraction of sp³-hybridized carbons (Fsp3) is 0.600. The summed E-state index contributed by atoms with van der Waals surface area (Å²) < 4.78 is 4.38. The zero-order chi connectivity index (χ0) is 6.85. The van der Waals surface area contributed by atoms with E-state index in [9.17, 15) is 9.59 Å². The topological polar surface area (TPSA) is 63.6 Å². The van der Waals surface area contributed by atoms with Gasteiger partial charge in [0.1, 0.15) is 6.42 Å². The van der Waals surface area contributed by atoms with Crippen LogP contribution in [0.1, 0.15) is 6.42 Å². The first-order valence-electron chi connectivity index (χ1n) is 2.57. The predicted octanol–water partition coefficient (Wildman–Crippen LogP) is -1.14. The monoisotopic (exact) mass is 130 g/mol. The quantitative estimate of drug-likeness (QED) is 0.360. The van der Waals surface area contributed by atoms with E-state index in [1.54, 1.807) is 0 Å². The zero-order valence-corrected chi connectivity index (χ0v) is 4.66. The first-order chi connectivity index (χ1) is 4.24. The lowest BCUT2D eigenvalue weighted by Gasteiger charge is -1.99. The molecule has 1 rings (SSSR count). The number of carbonyl (C=O) groups excluding carboxylic acids is 2. The molecule has 1 fully saturated rings. The van der Waals surface area contributed by atoms with Gasteiger partial charge in [0, 0.05) is 0 Å². The summed E-state index contributed by atoms with van der Waals surface area (Å²) in [5.74, 6) is -0.874. The molecule has 0 amide bonds. The van der Waals surface area contributed by atoms with Gasteiger partial charge in [-0.05, 0) is 0 Å². The third-order valence-corrected chi connectivity index (χ3v) is 1.12. The molecule has 1 heterocycles. The van der Waals surface area contributed by atoms with Gasteiger partial charge in [-0.15, -0.1) is 0 Å². The van der Waals surface area contributed by atoms with Gasteiger partial charge in [0.15, 0.2) is 11.9 Å². The van der Waals surface area contributed by atoms with Crippen LogP contribution in [-0.4, -0.2) is 29.6 Å². The number of hydrogen-bond acceptors (Lipinski definition) is 4. The largest absolute Gasteiger partial charge is 0.452 e. The number of rotatable bonds is 1. The maximum Gasteiger partial charge on any atom is 0.314 e. The van der Waals surface area contributed by atoms with Crippen molar-refractivity contribution in [3.05, 3.63) is 0 Å². The molecule has 0 unspecified atom stereocenters. The summed E-state index contributed by atoms with van der Waals surface area (Å²) in [4.78, 5) is 20.8. The number of hydrogen-bond donors (Lipinski definition) is 1. The van der Waals surface area contributed by atoms with Crippen molar-refractivity contribution < 1.29 is 19.4 Å². The van der Waals surface area contributed by atoms with Crippen LogP contribution < -0.4 is 0 Å². The second-order valence-electron chi connectivity index (χ2n) is 1.80. The fourth-order valence-electron chi connectivity index (χ4n) is 0.661. The van der Waals surface area contributed by atoms with Crippen molar-refractivity contribution in [1.82, 2.24) is 0 Å². The molecule has 9 heavy (non-hydrogen) atoms. The van der Waals surface area contributed by atoms with E-state index in [1.807, 2.05) is 0 Å². The Morgan fingerprint density at radius 2 is 2.33 bits per heavy atom. The second kappa shape index (κ2) is 2.14. The average molecular weight is 130 g/mol. The van der Waals surface area contributed by atoms with E-state index in [4.69, 9.17) is 5.11 Å². The molecule has 4 heteroatoms. The van der Waals surface area contributed by atoms with E-state index >= 15 is 0 Å². The molecule has 0 radical (unpaired) electrons. The van der Waals surface area contributed by atoms with E-state index in [0.717, 1.165) is 0 Å². The smallest absolute Gasteiger partial charge is 0.314 e. The van der Waals surface area contributed by atoms with Gasteiger partial charge in [-0.2, -0.15) is 0 Å². The SMILES string of the molecule is O=C1CC(=O)[C@@H](CO)O1. The van der Waals surface area contributed by atoms with Crippen molar-refractivity contribution in [2.75, 3.05) is 6.61 Å². The number of aliphatic hydroxyl groups excluding tert-OH is 1. The van der Waals surface area contributed by atoms with E-state index < -0.39 is 18.7 Å². The molecule has 0 aromatic carbocycles. The molecule has 1 N–H and O–H groups in total. The number of ketones is 1. The third-order valence-electron chi connectivity index (χ3n) is 1.12. The first kappa shape index (κ1) is 6.22. The van der Waals surface area contributed by atoms with Gasteiger partial charge in [0.25, 0.3) is 0 Å². The van der Waals surface area contributed by atoms with Gasteiger partial charge in [0.2, 0.25) is 0 Å².